The van der Waals surface area contributed by atoms with Crippen LogP contribution >= 0.6 is 23.5 Å². The second-order valence-electron chi connectivity index (χ2n) is 6.90. The van der Waals surface area contributed by atoms with Gasteiger partial charge in [0.25, 0.3) is 5.91 Å². The second kappa shape index (κ2) is 10.3. The standard InChI is InChI=1S/C17H18N8O5S2.Na/c18-10(7-1-3-9(26)4-2-7)13(27)20-11-14(28)24-12(16(29)30)8(5-31-15(11)24)6-32-17-21-22-23-25(17)19;/h1-4,10-11,15,26H,5-6,18-19H2,(H,20,27)(H,29,30);/q;+1/p-1/t10?,11-,15-;/m1./s1. The number of phenolic OH excluding ortho intramolecular Hbond substituents is 1. The molecule has 1 fully saturated rings. The van der Waals surface area contributed by atoms with E-state index in [1.807, 2.05) is 0 Å². The van der Waals surface area contributed by atoms with Crippen LogP contribution in [0.3, 0.4) is 0 Å². The summed E-state index contributed by atoms with van der Waals surface area (Å²) in [7, 11) is 0. The van der Waals surface area contributed by atoms with Crippen LogP contribution in [0.25, 0.3) is 0 Å². The zero-order valence-corrected chi connectivity index (χ0v) is 20.9. The molecule has 0 spiro atoms. The first kappa shape index (κ1) is 25.3. The fraction of sp³-hybridized carbons (Fsp3) is 0.294. The van der Waals surface area contributed by atoms with E-state index in [1.165, 1.54) is 36.0 Å². The quantitative estimate of drug-likeness (QED) is 0.121. The Morgan fingerprint density at radius 1 is 1.36 bits per heavy atom. The SMILES string of the molecule is NC(C(=O)N[C@@H]1C(=O)N2C(C(=O)[O-])=C(CSc3nnnn3N)CS[C@H]12)c1ccc(O)cc1.[Na+]. The van der Waals surface area contributed by atoms with Gasteiger partial charge in [-0.15, -0.1) is 16.6 Å². The summed E-state index contributed by atoms with van der Waals surface area (Å²) in [6.45, 7) is 0. The number of amides is 2. The number of nitrogens with zero attached hydrogens (tertiary/aromatic N) is 5. The number of fused-ring (bicyclic) bond motifs is 1. The summed E-state index contributed by atoms with van der Waals surface area (Å²) in [5.74, 6) is 3.42. The van der Waals surface area contributed by atoms with Crippen molar-refractivity contribution in [3.8, 4) is 5.75 Å². The first-order valence-corrected chi connectivity index (χ1v) is 11.2. The second-order valence-corrected chi connectivity index (χ2v) is 8.95. The van der Waals surface area contributed by atoms with E-state index >= 15 is 0 Å². The van der Waals surface area contributed by atoms with Crippen molar-refractivity contribution in [1.82, 2.24) is 30.5 Å². The third kappa shape index (κ3) is 4.97. The van der Waals surface area contributed by atoms with E-state index in [-0.39, 0.29) is 51.9 Å². The molecule has 0 aliphatic carbocycles. The summed E-state index contributed by atoms with van der Waals surface area (Å²) in [5.41, 5.74) is 6.64. The number of nitrogen functional groups attached to an aromatic ring is 1. The molecule has 1 aromatic heterocycles. The van der Waals surface area contributed by atoms with Crippen molar-refractivity contribution < 1.29 is 54.2 Å². The van der Waals surface area contributed by atoms with Crippen molar-refractivity contribution >= 4 is 41.3 Å². The number of carboxylic acids is 1. The van der Waals surface area contributed by atoms with E-state index in [0.29, 0.717) is 16.9 Å². The first-order chi connectivity index (χ1) is 15.3. The minimum absolute atomic E-state index is 0. The third-order valence-corrected chi connectivity index (χ3v) is 7.27. The zero-order valence-electron chi connectivity index (χ0n) is 17.2. The topological polar surface area (TPSA) is 205 Å². The number of carboxylic acid groups (broad SMARTS) is 1. The third-order valence-electron chi connectivity index (χ3n) is 4.91. The van der Waals surface area contributed by atoms with Gasteiger partial charge in [0, 0.05) is 11.5 Å². The fourth-order valence-electron chi connectivity index (χ4n) is 3.29. The summed E-state index contributed by atoms with van der Waals surface area (Å²) in [4.78, 5) is 39.1. The van der Waals surface area contributed by atoms with Crippen LogP contribution in [0.15, 0.2) is 40.7 Å². The van der Waals surface area contributed by atoms with Crippen molar-refractivity contribution in [1.29, 1.82) is 0 Å². The monoisotopic (exact) mass is 500 g/mol. The molecule has 2 aliphatic heterocycles. The fourth-order valence-corrected chi connectivity index (χ4v) is 5.57. The number of tetrazole rings is 1. The molecule has 1 aromatic carbocycles. The van der Waals surface area contributed by atoms with Gasteiger partial charge in [0.1, 0.15) is 23.2 Å². The maximum Gasteiger partial charge on any atom is 1.00 e. The molecule has 3 heterocycles. The molecule has 1 unspecified atom stereocenters. The van der Waals surface area contributed by atoms with Gasteiger partial charge in [-0.05, 0) is 33.7 Å². The number of aromatic hydroxyl groups is 1. The van der Waals surface area contributed by atoms with E-state index < -0.39 is 35.2 Å². The molecule has 2 amide bonds. The van der Waals surface area contributed by atoms with Crippen LogP contribution in [0.5, 0.6) is 5.75 Å². The summed E-state index contributed by atoms with van der Waals surface area (Å²) >= 11 is 2.43. The molecule has 168 valence electrons. The molecular formula is C17H17N8NaO5S2. The number of phenols is 1. The van der Waals surface area contributed by atoms with E-state index in [9.17, 15) is 24.6 Å². The van der Waals surface area contributed by atoms with Gasteiger partial charge in [-0.1, -0.05) is 29.0 Å². The number of aromatic nitrogens is 4. The van der Waals surface area contributed by atoms with E-state index in [4.69, 9.17) is 11.6 Å². The van der Waals surface area contributed by atoms with Crippen LogP contribution < -0.4 is 51.6 Å². The molecule has 33 heavy (non-hydrogen) atoms. The van der Waals surface area contributed by atoms with Crippen molar-refractivity contribution in [3.05, 3.63) is 41.1 Å². The first-order valence-electron chi connectivity index (χ1n) is 9.17. The minimum Gasteiger partial charge on any atom is -0.543 e. The molecule has 13 nitrogen and oxygen atoms in total. The number of hydrogen-bond acceptors (Lipinski definition) is 12. The molecule has 6 N–H and O–H groups in total. The maximum absolute atomic E-state index is 12.7. The number of rotatable bonds is 7. The van der Waals surface area contributed by atoms with Gasteiger partial charge in [0.2, 0.25) is 11.1 Å². The van der Waals surface area contributed by atoms with E-state index in [0.717, 1.165) is 21.5 Å². The summed E-state index contributed by atoms with van der Waals surface area (Å²) in [6.07, 6.45) is 0. The molecule has 2 aliphatic rings. The number of hydrogen-bond donors (Lipinski definition) is 4. The van der Waals surface area contributed by atoms with Gasteiger partial charge >= 0.3 is 29.6 Å². The normalized spacial score (nSPS) is 20.4. The van der Waals surface area contributed by atoms with Gasteiger partial charge < -0.3 is 31.9 Å². The number of β-lactam (4-membered cyclic amide) rings is 1. The Hall–Kier alpha value is -2.30. The Kier molecular flexibility index (Phi) is 7.92. The van der Waals surface area contributed by atoms with E-state index in [2.05, 4.69) is 20.8 Å². The Morgan fingerprint density at radius 3 is 2.67 bits per heavy atom. The van der Waals surface area contributed by atoms with Gasteiger partial charge in [-0.25, -0.2) is 0 Å². The minimum atomic E-state index is -1.49. The van der Waals surface area contributed by atoms with Crippen LogP contribution in [-0.2, 0) is 14.4 Å². The van der Waals surface area contributed by atoms with Crippen molar-refractivity contribution in [2.75, 3.05) is 17.3 Å². The number of carbonyl (C=O) groups excluding carboxylic acids is 3. The van der Waals surface area contributed by atoms with Crippen LogP contribution in [0.4, 0.5) is 0 Å². The van der Waals surface area contributed by atoms with Crippen LogP contribution in [0.1, 0.15) is 11.6 Å². The smallest absolute Gasteiger partial charge is 0.543 e. The Bertz CT molecular complexity index is 1110. The molecule has 0 saturated carbocycles. The molecular weight excluding hydrogens is 483 g/mol. The van der Waals surface area contributed by atoms with Crippen LogP contribution in [-0.4, -0.2) is 71.0 Å². The van der Waals surface area contributed by atoms with Gasteiger partial charge in [0.05, 0.1) is 11.7 Å². The number of nitrogens with one attached hydrogen (secondary N) is 1. The molecule has 2 aromatic rings. The molecule has 3 atom stereocenters. The van der Waals surface area contributed by atoms with Crippen molar-refractivity contribution in [2.45, 2.75) is 22.6 Å². The number of carbonyl (C=O) groups is 3. The predicted molar refractivity (Wildman–Crippen MR) is 111 cm³/mol. The van der Waals surface area contributed by atoms with Gasteiger partial charge in [0.15, 0.2) is 0 Å². The predicted octanol–water partition coefficient (Wildman–Crippen LogP) is -5.71. The molecule has 1 saturated heterocycles. The van der Waals surface area contributed by atoms with Gasteiger partial charge in [-0.2, -0.15) is 0 Å². The molecule has 16 heteroatoms. The number of thioether (sulfide) groups is 2. The zero-order chi connectivity index (χ0) is 23.0. The maximum atomic E-state index is 12.7. The summed E-state index contributed by atoms with van der Waals surface area (Å²) in [6, 6.07) is 3.82. The number of nitrogens with two attached hydrogens (primary N) is 2. The van der Waals surface area contributed by atoms with Crippen molar-refractivity contribution in [3.63, 3.8) is 0 Å². The largest absolute Gasteiger partial charge is 1.00 e. The van der Waals surface area contributed by atoms with Crippen molar-refractivity contribution in [2.24, 2.45) is 5.73 Å². The Morgan fingerprint density at radius 2 is 2.06 bits per heavy atom. The molecule has 0 radical (unpaired) electrons. The average Bonchev–Trinajstić information content (AvgIpc) is 3.19. The van der Waals surface area contributed by atoms with Crippen LogP contribution in [0, 0.1) is 0 Å². The number of aliphatic carboxylic acids is 1. The summed E-state index contributed by atoms with van der Waals surface area (Å²) < 4.78 is 0. The Balaban J connectivity index is 0.00000306. The van der Waals surface area contributed by atoms with Crippen LogP contribution in [0.2, 0.25) is 0 Å². The molecule has 4 rings (SSSR count). The number of benzene rings is 1. The van der Waals surface area contributed by atoms with E-state index in [1.54, 1.807) is 0 Å². The average molecular weight is 500 g/mol. The molecule has 0 bridgehead atoms. The Labute approximate surface area is 217 Å². The summed E-state index contributed by atoms with van der Waals surface area (Å²) in [5, 5.41) is 34.1. The van der Waals surface area contributed by atoms with Gasteiger partial charge in [-0.3, -0.25) is 14.5 Å².